The Morgan fingerprint density at radius 1 is 1.29 bits per heavy atom. The molecule has 2 fully saturated rings. The fraction of sp³-hybridized carbons (Fsp3) is 0.476. The van der Waals surface area contributed by atoms with Crippen LogP contribution in [-0.2, 0) is 9.59 Å². The molecule has 1 aliphatic heterocycles. The van der Waals surface area contributed by atoms with Crippen molar-refractivity contribution in [2.75, 3.05) is 20.2 Å². The van der Waals surface area contributed by atoms with Crippen molar-refractivity contribution in [3.63, 3.8) is 0 Å². The van der Waals surface area contributed by atoms with Crippen LogP contribution in [0.2, 0.25) is 0 Å². The minimum Gasteiger partial charge on any atom is -0.493 e. The average Bonchev–Trinajstić information content (AvgIpc) is 3.32. The van der Waals surface area contributed by atoms with E-state index >= 15 is 0 Å². The molecule has 0 atom stereocenters. The number of benzene rings is 1. The number of ether oxygens (including phenoxy) is 2. The molecule has 3 rings (SSSR count). The molecule has 31 heavy (non-hydrogen) atoms. The third kappa shape index (κ3) is 6.19. The normalized spacial score (nSPS) is 18.3. The minimum absolute atomic E-state index is 0.0624. The predicted molar refractivity (Wildman–Crippen MR) is 112 cm³/mol. The van der Waals surface area contributed by atoms with Gasteiger partial charge in [-0.25, -0.2) is 0 Å². The van der Waals surface area contributed by atoms with Crippen LogP contribution in [0.4, 0.5) is 13.6 Å². The molecule has 1 N–H and O–H groups in total. The van der Waals surface area contributed by atoms with Gasteiger partial charge in [0.1, 0.15) is 0 Å². The van der Waals surface area contributed by atoms with E-state index in [4.69, 9.17) is 4.74 Å². The van der Waals surface area contributed by atoms with E-state index in [1.54, 1.807) is 0 Å². The van der Waals surface area contributed by atoms with Crippen LogP contribution < -0.4 is 14.8 Å². The summed E-state index contributed by atoms with van der Waals surface area (Å²) < 4.78 is 34.3. The van der Waals surface area contributed by atoms with Crippen molar-refractivity contribution in [2.45, 2.75) is 38.7 Å². The van der Waals surface area contributed by atoms with Crippen LogP contribution in [0.1, 0.15) is 37.7 Å². The van der Waals surface area contributed by atoms with Crippen LogP contribution in [0.5, 0.6) is 11.5 Å². The second kappa shape index (κ2) is 10.6. The summed E-state index contributed by atoms with van der Waals surface area (Å²) in [7, 11) is 1.31. The molecule has 1 saturated heterocycles. The van der Waals surface area contributed by atoms with Crippen LogP contribution in [0, 0.1) is 5.92 Å². The molecule has 0 aromatic heterocycles. The molecule has 0 spiro atoms. The second-order valence-corrected chi connectivity index (χ2v) is 8.32. The Bertz CT molecular complexity index is 871. The quantitative estimate of drug-likeness (QED) is 0.567. The molecule has 0 bridgehead atoms. The minimum atomic E-state index is -2.99. The first-order valence-electron chi connectivity index (χ1n) is 10.0. The smallest absolute Gasteiger partial charge is 0.387 e. The summed E-state index contributed by atoms with van der Waals surface area (Å²) in [6.07, 6.45) is 6.43. The number of rotatable bonds is 9. The number of alkyl halides is 2. The molecule has 1 aliphatic carbocycles. The molecule has 1 aromatic carbocycles. The van der Waals surface area contributed by atoms with Crippen LogP contribution in [0.15, 0.2) is 23.1 Å². The Hall–Kier alpha value is -2.62. The van der Waals surface area contributed by atoms with Gasteiger partial charge in [-0.15, -0.1) is 0 Å². The Morgan fingerprint density at radius 3 is 2.71 bits per heavy atom. The lowest BCUT2D eigenvalue weighted by Crippen LogP contribution is -2.37. The summed E-state index contributed by atoms with van der Waals surface area (Å²) in [4.78, 5) is 38.1. The van der Waals surface area contributed by atoms with Crippen molar-refractivity contribution in [1.82, 2.24) is 10.2 Å². The zero-order valence-corrected chi connectivity index (χ0v) is 17.9. The van der Waals surface area contributed by atoms with E-state index in [0.29, 0.717) is 17.9 Å². The fourth-order valence-corrected chi connectivity index (χ4v) is 4.53. The largest absolute Gasteiger partial charge is 0.493 e. The van der Waals surface area contributed by atoms with Crippen molar-refractivity contribution in [2.24, 2.45) is 5.92 Å². The maximum atomic E-state index is 12.6. The van der Waals surface area contributed by atoms with Crippen LogP contribution in [0.3, 0.4) is 0 Å². The van der Waals surface area contributed by atoms with Gasteiger partial charge in [-0.3, -0.25) is 19.3 Å². The highest BCUT2D eigenvalue weighted by Gasteiger charge is 2.34. The number of imide groups is 1. The number of nitrogens with zero attached hydrogens (tertiary/aromatic N) is 1. The van der Waals surface area contributed by atoms with Crippen LogP contribution in [-0.4, -0.2) is 48.8 Å². The number of amides is 3. The number of carbonyl (C=O) groups is 3. The first-order chi connectivity index (χ1) is 14.9. The van der Waals surface area contributed by atoms with Crippen molar-refractivity contribution < 1.29 is 32.6 Å². The Kier molecular flexibility index (Phi) is 7.89. The van der Waals surface area contributed by atoms with E-state index < -0.39 is 17.8 Å². The molecule has 7 nitrogen and oxygen atoms in total. The van der Waals surface area contributed by atoms with E-state index in [0.717, 1.165) is 42.3 Å². The Morgan fingerprint density at radius 2 is 2.03 bits per heavy atom. The summed E-state index contributed by atoms with van der Waals surface area (Å²) in [6, 6.07) is 4.23. The molecule has 0 unspecified atom stereocenters. The van der Waals surface area contributed by atoms with Crippen LogP contribution in [0.25, 0.3) is 6.08 Å². The SMILES string of the molecule is COc1cc(/C=C2\SC(=O)N(CCNC(=O)CC3CCCC3)C2=O)ccc1OC(F)F. The van der Waals surface area contributed by atoms with Gasteiger partial charge in [0.05, 0.1) is 12.0 Å². The number of thioether (sulfide) groups is 1. The van der Waals surface area contributed by atoms with E-state index in [-0.39, 0.29) is 35.4 Å². The molecule has 2 aliphatic rings. The highest BCUT2D eigenvalue weighted by atomic mass is 32.2. The maximum Gasteiger partial charge on any atom is 0.387 e. The van der Waals surface area contributed by atoms with Crippen molar-refractivity contribution in [3.8, 4) is 11.5 Å². The first kappa shape index (κ1) is 23.1. The number of nitrogens with one attached hydrogen (secondary N) is 1. The molecule has 168 valence electrons. The highest BCUT2D eigenvalue weighted by Crippen LogP contribution is 2.35. The molecule has 1 heterocycles. The second-order valence-electron chi connectivity index (χ2n) is 7.33. The monoisotopic (exact) mass is 454 g/mol. The predicted octanol–water partition coefficient (Wildman–Crippen LogP) is 4.03. The van der Waals surface area contributed by atoms with Gasteiger partial charge in [-0.05, 0) is 54.3 Å². The molecule has 1 saturated carbocycles. The summed E-state index contributed by atoms with van der Waals surface area (Å²) in [5.74, 6) is -0.150. The molecular formula is C21H24F2N2O5S. The maximum absolute atomic E-state index is 12.6. The lowest BCUT2D eigenvalue weighted by atomic mass is 10.0. The van der Waals surface area contributed by atoms with Crippen molar-refractivity contribution in [1.29, 1.82) is 0 Å². The van der Waals surface area contributed by atoms with Gasteiger partial charge in [0.15, 0.2) is 11.5 Å². The molecule has 1 aromatic rings. The average molecular weight is 454 g/mol. The topological polar surface area (TPSA) is 84.9 Å². The van der Waals surface area contributed by atoms with Gasteiger partial charge in [0.25, 0.3) is 11.1 Å². The van der Waals surface area contributed by atoms with Crippen molar-refractivity contribution >= 4 is 34.9 Å². The Labute approximate surface area is 183 Å². The lowest BCUT2D eigenvalue weighted by molar-refractivity contribution is -0.124. The highest BCUT2D eigenvalue weighted by molar-refractivity contribution is 8.18. The first-order valence-corrected chi connectivity index (χ1v) is 10.8. The lowest BCUT2D eigenvalue weighted by Gasteiger charge is -2.14. The summed E-state index contributed by atoms with van der Waals surface area (Å²) in [6.45, 7) is -2.71. The van der Waals surface area contributed by atoms with Gasteiger partial charge in [-0.1, -0.05) is 18.9 Å². The summed E-state index contributed by atoms with van der Waals surface area (Å²) in [5.41, 5.74) is 0.494. The molecular weight excluding hydrogens is 430 g/mol. The fourth-order valence-electron chi connectivity index (χ4n) is 3.67. The van der Waals surface area contributed by atoms with E-state index in [9.17, 15) is 23.2 Å². The zero-order valence-electron chi connectivity index (χ0n) is 17.1. The Balaban J connectivity index is 1.57. The third-order valence-electron chi connectivity index (χ3n) is 5.18. The van der Waals surface area contributed by atoms with Gasteiger partial charge in [0.2, 0.25) is 5.91 Å². The number of hydrogen-bond donors (Lipinski definition) is 1. The zero-order chi connectivity index (χ0) is 22.4. The molecule has 3 amide bonds. The summed E-state index contributed by atoms with van der Waals surface area (Å²) in [5, 5.41) is 2.35. The van der Waals surface area contributed by atoms with E-state index in [2.05, 4.69) is 10.1 Å². The standard InChI is InChI=1S/C21H24F2N2O5S/c1-29-16-10-14(6-7-15(16)30-20(22)23)11-17-19(27)25(21(28)31-17)9-8-24-18(26)12-13-4-2-3-5-13/h6-7,10-11,13,20H,2-5,8-9,12H2,1H3,(H,24,26)/b17-11-. The van der Waals surface area contributed by atoms with Gasteiger partial charge < -0.3 is 14.8 Å². The molecule has 0 radical (unpaired) electrons. The van der Waals surface area contributed by atoms with E-state index in [1.807, 2.05) is 0 Å². The van der Waals surface area contributed by atoms with Gasteiger partial charge in [0, 0.05) is 19.5 Å². The van der Waals surface area contributed by atoms with Gasteiger partial charge >= 0.3 is 6.61 Å². The summed E-state index contributed by atoms with van der Waals surface area (Å²) >= 11 is 0.784. The third-order valence-corrected chi connectivity index (χ3v) is 6.09. The van der Waals surface area contributed by atoms with Crippen molar-refractivity contribution in [3.05, 3.63) is 28.7 Å². The molecule has 10 heteroatoms. The number of methoxy groups -OCH3 is 1. The number of hydrogen-bond acceptors (Lipinski definition) is 6. The van der Waals surface area contributed by atoms with E-state index in [1.165, 1.54) is 31.4 Å². The number of halogens is 2. The van der Waals surface area contributed by atoms with Crippen LogP contribution >= 0.6 is 11.8 Å². The number of carbonyl (C=O) groups excluding carboxylic acids is 3. The van der Waals surface area contributed by atoms with Gasteiger partial charge in [-0.2, -0.15) is 8.78 Å².